The Labute approximate surface area is 86.1 Å². The van der Waals surface area contributed by atoms with Gasteiger partial charge in [-0.2, -0.15) is 0 Å². The molecule has 76 valence electrons. The highest BCUT2D eigenvalue weighted by atomic mass is 16.3. The van der Waals surface area contributed by atoms with Gasteiger partial charge in [-0.25, -0.2) is 0 Å². The molecule has 0 saturated carbocycles. The molecule has 0 aromatic heterocycles. The molecule has 0 amide bonds. The van der Waals surface area contributed by atoms with Crippen LogP contribution in [0.4, 0.5) is 0 Å². The number of aliphatic hydroxyl groups is 1. The summed E-state index contributed by atoms with van der Waals surface area (Å²) in [5.41, 5.74) is 3.64. The Kier molecular flexibility index (Phi) is 3.90. The smallest absolute Gasteiger partial charge is 0.0641 e. The molecule has 0 bridgehead atoms. The number of hydrogen-bond donors (Lipinski definition) is 1. The Hall–Kier alpha value is -1.08. The van der Waals surface area contributed by atoms with Crippen LogP contribution in [-0.2, 0) is 0 Å². The van der Waals surface area contributed by atoms with E-state index in [9.17, 15) is 0 Å². The van der Waals surface area contributed by atoms with Gasteiger partial charge in [-0.3, -0.25) is 0 Å². The second-order valence-corrected chi connectivity index (χ2v) is 3.75. The summed E-state index contributed by atoms with van der Waals surface area (Å²) in [5, 5.41) is 9.04. The zero-order valence-corrected chi connectivity index (χ0v) is 9.12. The highest BCUT2D eigenvalue weighted by Gasteiger charge is 2.08. The van der Waals surface area contributed by atoms with E-state index < -0.39 is 0 Å². The molecule has 0 aliphatic rings. The lowest BCUT2D eigenvalue weighted by Crippen LogP contribution is -1.99. The van der Waals surface area contributed by atoms with Crippen LogP contribution in [0.3, 0.4) is 0 Å². The van der Waals surface area contributed by atoms with Crippen LogP contribution in [-0.4, -0.2) is 11.7 Å². The summed E-state index contributed by atoms with van der Waals surface area (Å²) in [4.78, 5) is 0. The summed E-state index contributed by atoms with van der Waals surface area (Å²) in [6, 6.07) is 10.4. The van der Waals surface area contributed by atoms with E-state index in [1.54, 1.807) is 0 Å². The molecule has 0 aliphatic carbocycles. The largest absolute Gasteiger partial charge is 0.392 e. The molecule has 1 atom stereocenters. The second kappa shape index (κ2) is 4.97. The van der Waals surface area contributed by atoms with Crippen LogP contribution in [0.1, 0.15) is 32.3 Å². The summed E-state index contributed by atoms with van der Waals surface area (Å²) in [5.74, 6) is 0.392. The summed E-state index contributed by atoms with van der Waals surface area (Å²) < 4.78 is 0. The predicted molar refractivity (Wildman–Crippen MR) is 60.3 cm³/mol. The maximum atomic E-state index is 9.04. The first kappa shape index (κ1) is 11.0. The van der Waals surface area contributed by atoms with E-state index in [0.29, 0.717) is 5.92 Å². The van der Waals surface area contributed by atoms with Crippen molar-refractivity contribution in [3.05, 3.63) is 47.0 Å². The van der Waals surface area contributed by atoms with Crippen LogP contribution in [0.25, 0.3) is 0 Å². The molecule has 1 nitrogen and oxygen atoms in total. The van der Waals surface area contributed by atoms with Gasteiger partial charge in [0.2, 0.25) is 0 Å². The highest BCUT2D eigenvalue weighted by Crippen LogP contribution is 2.25. The van der Waals surface area contributed by atoms with Gasteiger partial charge in [0.05, 0.1) is 6.61 Å². The summed E-state index contributed by atoms with van der Waals surface area (Å²) in [6.45, 7) is 6.39. The molecule has 0 radical (unpaired) electrons. The van der Waals surface area contributed by atoms with E-state index in [2.05, 4.69) is 26.0 Å². The standard InChI is InChI=1S/C13H18O/c1-10(9-14)11(2)12(3)13-7-5-4-6-8-13/h4-8,12,14H,9H2,1-3H3/b11-10-/t12-/m0/s1. The van der Waals surface area contributed by atoms with Gasteiger partial charge < -0.3 is 5.11 Å². The molecule has 1 aromatic rings. The Bertz CT molecular complexity index is 311. The lowest BCUT2D eigenvalue weighted by molar-refractivity contribution is 0.329. The number of allylic oxidation sites excluding steroid dienone is 1. The fraction of sp³-hybridized carbons (Fsp3) is 0.385. The Morgan fingerprint density at radius 2 is 1.79 bits per heavy atom. The Balaban J connectivity index is 2.91. The first-order valence-electron chi connectivity index (χ1n) is 4.99. The first-order chi connectivity index (χ1) is 6.66. The molecule has 14 heavy (non-hydrogen) atoms. The Morgan fingerprint density at radius 3 is 2.29 bits per heavy atom. The quantitative estimate of drug-likeness (QED) is 0.726. The maximum absolute atomic E-state index is 9.04. The molecule has 1 aromatic carbocycles. The predicted octanol–water partition coefficient (Wildman–Crippen LogP) is 3.12. The first-order valence-corrected chi connectivity index (χ1v) is 4.99. The van der Waals surface area contributed by atoms with Gasteiger partial charge in [-0.05, 0) is 25.0 Å². The molecule has 0 fully saturated rings. The van der Waals surface area contributed by atoms with E-state index in [4.69, 9.17) is 5.11 Å². The maximum Gasteiger partial charge on any atom is 0.0641 e. The minimum atomic E-state index is 0.156. The van der Waals surface area contributed by atoms with Crippen LogP contribution >= 0.6 is 0 Å². The Morgan fingerprint density at radius 1 is 1.21 bits per heavy atom. The number of aliphatic hydroxyl groups excluding tert-OH is 1. The van der Waals surface area contributed by atoms with Gasteiger partial charge in [0.25, 0.3) is 0 Å². The van der Waals surface area contributed by atoms with Crippen molar-refractivity contribution >= 4 is 0 Å². The summed E-state index contributed by atoms with van der Waals surface area (Å²) in [7, 11) is 0. The molecule has 0 aliphatic heterocycles. The average Bonchev–Trinajstić information content (AvgIpc) is 2.27. The van der Waals surface area contributed by atoms with Gasteiger partial charge in [0.1, 0.15) is 0 Å². The third-order valence-corrected chi connectivity index (χ3v) is 2.86. The van der Waals surface area contributed by atoms with Crippen LogP contribution in [0.5, 0.6) is 0 Å². The third kappa shape index (κ3) is 2.46. The molecule has 1 rings (SSSR count). The van der Waals surface area contributed by atoms with Crippen LogP contribution in [0.2, 0.25) is 0 Å². The van der Waals surface area contributed by atoms with Crippen molar-refractivity contribution in [2.75, 3.05) is 6.61 Å². The van der Waals surface area contributed by atoms with Gasteiger partial charge >= 0.3 is 0 Å². The van der Waals surface area contributed by atoms with Crippen molar-refractivity contribution in [3.8, 4) is 0 Å². The fourth-order valence-electron chi connectivity index (χ4n) is 1.49. The topological polar surface area (TPSA) is 20.2 Å². The van der Waals surface area contributed by atoms with Crippen LogP contribution < -0.4 is 0 Å². The minimum Gasteiger partial charge on any atom is -0.392 e. The normalized spacial score (nSPS) is 14.9. The van der Waals surface area contributed by atoms with E-state index in [1.165, 1.54) is 11.1 Å². The average molecular weight is 190 g/mol. The number of rotatable bonds is 3. The van der Waals surface area contributed by atoms with Crippen molar-refractivity contribution in [2.24, 2.45) is 0 Å². The molecule has 0 heterocycles. The monoisotopic (exact) mass is 190 g/mol. The number of benzene rings is 1. The molecule has 0 spiro atoms. The van der Waals surface area contributed by atoms with Crippen molar-refractivity contribution in [1.82, 2.24) is 0 Å². The zero-order chi connectivity index (χ0) is 10.6. The molecule has 0 saturated heterocycles. The molecule has 0 unspecified atom stereocenters. The van der Waals surface area contributed by atoms with Gasteiger partial charge in [-0.15, -0.1) is 0 Å². The van der Waals surface area contributed by atoms with Crippen molar-refractivity contribution < 1.29 is 5.11 Å². The minimum absolute atomic E-state index is 0.156. The fourth-order valence-corrected chi connectivity index (χ4v) is 1.49. The number of hydrogen-bond acceptors (Lipinski definition) is 1. The molecular formula is C13H18O. The van der Waals surface area contributed by atoms with Gasteiger partial charge in [0, 0.05) is 5.92 Å². The van der Waals surface area contributed by atoms with Gasteiger partial charge in [0.15, 0.2) is 0 Å². The second-order valence-electron chi connectivity index (χ2n) is 3.75. The van der Waals surface area contributed by atoms with E-state index in [-0.39, 0.29) is 6.61 Å². The third-order valence-electron chi connectivity index (χ3n) is 2.86. The zero-order valence-electron chi connectivity index (χ0n) is 9.12. The SMILES string of the molecule is C/C(CO)=C(\C)[C@H](C)c1ccccc1. The van der Waals surface area contributed by atoms with E-state index in [1.807, 2.05) is 25.1 Å². The lowest BCUT2D eigenvalue weighted by atomic mass is 9.91. The highest BCUT2D eigenvalue weighted by molar-refractivity contribution is 5.29. The summed E-state index contributed by atoms with van der Waals surface area (Å²) in [6.07, 6.45) is 0. The van der Waals surface area contributed by atoms with Crippen molar-refractivity contribution in [1.29, 1.82) is 0 Å². The van der Waals surface area contributed by atoms with Crippen LogP contribution in [0.15, 0.2) is 41.5 Å². The van der Waals surface area contributed by atoms with Crippen molar-refractivity contribution in [2.45, 2.75) is 26.7 Å². The van der Waals surface area contributed by atoms with Crippen molar-refractivity contribution in [3.63, 3.8) is 0 Å². The summed E-state index contributed by atoms with van der Waals surface area (Å²) >= 11 is 0. The van der Waals surface area contributed by atoms with Gasteiger partial charge in [-0.1, -0.05) is 42.8 Å². The molecule has 1 heteroatoms. The van der Waals surface area contributed by atoms with Crippen LogP contribution in [0, 0.1) is 0 Å². The lowest BCUT2D eigenvalue weighted by Gasteiger charge is -2.15. The van der Waals surface area contributed by atoms with E-state index in [0.717, 1.165) is 5.57 Å². The molecule has 1 N–H and O–H groups in total. The molecular weight excluding hydrogens is 172 g/mol. The van der Waals surface area contributed by atoms with E-state index >= 15 is 0 Å².